The molecule has 1 N–H and O–H groups in total. The molecular formula is C7H8N4O2. The van der Waals surface area contributed by atoms with Gasteiger partial charge >= 0.3 is 5.69 Å². The van der Waals surface area contributed by atoms with E-state index in [4.69, 9.17) is 6.89 Å². The highest BCUT2D eigenvalue weighted by Crippen LogP contribution is 1.97. The average molecular weight is 185 g/mol. The maximum absolute atomic E-state index is 11.9. The van der Waals surface area contributed by atoms with Gasteiger partial charge in [-0.25, -0.2) is 9.78 Å². The molecule has 0 radical (unpaired) electrons. The number of imidazole rings is 1. The summed E-state index contributed by atoms with van der Waals surface area (Å²) in [6, 6.07) is 0. The highest BCUT2D eigenvalue weighted by atomic mass is 16.2. The Morgan fingerprint density at radius 1 is 1.54 bits per heavy atom. The molecule has 0 saturated carbocycles. The standard InChI is InChI=1S/C7H8N4O2/c1-10-5-4(8-3-9-5)6(12)11(2)7(10)13/h3H,1-2H3,(H,8,9)/i1D2,2D2/hD. The first-order valence-electron chi connectivity index (χ1n) is 6.04. The molecular weight excluding hydrogens is 172 g/mol. The van der Waals surface area contributed by atoms with Crippen molar-refractivity contribution in [2.24, 2.45) is 14.0 Å². The number of aryl methyl sites for hydroxylation is 1. The minimum Gasteiger partial charge on any atom is -0.339 e. The van der Waals surface area contributed by atoms with Crippen molar-refractivity contribution in [3.63, 3.8) is 0 Å². The van der Waals surface area contributed by atoms with E-state index >= 15 is 0 Å². The largest absolute Gasteiger partial charge is 0.339 e. The molecule has 0 spiro atoms. The zero-order valence-electron chi connectivity index (χ0n) is 11.3. The number of nitrogens with one attached hydrogen (secondary N) is 1. The third kappa shape index (κ3) is 0.851. The molecule has 2 aromatic rings. The number of nitrogens with zero attached hydrogens (tertiary/aromatic N) is 3. The summed E-state index contributed by atoms with van der Waals surface area (Å²) in [4.78, 5) is 27.9. The van der Waals surface area contributed by atoms with Gasteiger partial charge in [-0.15, -0.1) is 0 Å². The van der Waals surface area contributed by atoms with E-state index in [0.717, 1.165) is 6.33 Å². The smallest absolute Gasteiger partial charge is 0.332 e. The predicted octanol–water partition coefficient (Wildman–Crippen LogP) is -1.04. The van der Waals surface area contributed by atoms with Crippen molar-refractivity contribution in [1.29, 1.82) is 0 Å². The Morgan fingerprint density at radius 2 is 2.31 bits per heavy atom. The summed E-state index contributed by atoms with van der Waals surface area (Å²) in [6.07, 6.45) is 0.942. The minimum atomic E-state index is -1.92. The molecule has 13 heavy (non-hydrogen) atoms. The zero-order chi connectivity index (χ0) is 13.6. The van der Waals surface area contributed by atoms with Crippen molar-refractivity contribution in [1.82, 2.24) is 19.1 Å². The number of hydrogen-bond donors (Lipinski definition) is 1. The zero-order valence-corrected chi connectivity index (χ0v) is 6.34. The van der Waals surface area contributed by atoms with E-state index in [0.29, 0.717) is 9.54 Å². The van der Waals surface area contributed by atoms with Crippen LogP contribution in [0.25, 0.3) is 11.2 Å². The summed E-state index contributed by atoms with van der Waals surface area (Å²) < 4.78 is 37.0. The van der Waals surface area contributed by atoms with Crippen LogP contribution in [-0.2, 0) is 14.0 Å². The predicted molar refractivity (Wildman–Crippen MR) is 46.6 cm³/mol. The van der Waals surface area contributed by atoms with Gasteiger partial charge in [0.25, 0.3) is 5.56 Å². The van der Waals surface area contributed by atoms with Crippen molar-refractivity contribution < 1.29 is 6.89 Å². The van der Waals surface area contributed by atoms with Gasteiger partial charge in [0.15, 0.2) is 7.06 Å². The third-order valence-corrected chi connectivity index (χ3v) is 1.64. The summed E-state index contributed by atoms with van der Waals surface area (Å²) in [5.74, 6) is 0. The van der Waals surface area contributed by atoms with Crippen LogP contribution in [0.3, 0.4) is 0 Å². The number of aromatic amines is 1. The van der Waals surface area contributed by atoms with E-state index in [1.807, 2.05) is 0 Å². The Bertz CT molecular complexity index is 715. The fourth-order valence-electron chi connectivity index (χ4n) is 0.995. The number of aromatic nitrogens is 4. The lowest BCUT2D eigenvalue weighted by molar-refractivity contribution is 0.709. The molecule has 6 nitrogen and oxygen atoms in total. The lowest BCUT2D eigenvalue weighted by atomic mass is 10.5. The SMILES string of the molecule is [2H]C([2H])n1c(=O)c2c(ncn2[2H])n(C([2H])[2H])c1=O. The van der Waals surface area contributed by atoms with Crippen molar-refractivity contribution in [2.75, 3.05) is 0 Å². The van der Waals surface area contributed by atoms with Gasteiger partial charge < -0.3 is 4.98 Å². The molecule has 0 unspecified atom stereocenters. The Hall–Kier alpha value is -1.85. The molecule has 2 aromatic heterocycles. The van der Waals surface area contributed by atoms with E-state index in [2.05, 4.69) is 4.98 Å². The number of rotatable bonds is 0. The minimum absolute atomic E-state index is 0.255. The first-order valence-corrected chi connectivity index (χ1v) is 3.28. The Labute approximate surface area is 79.5 Å². The van der Waals surface area contributed by atoms with E-state index in [1.54, 1.807) is 0 Å². The molecule has 0 aliphatic rings. The second-order valence-corrected chi connectivity index (χ2v) is 2.37. The molecule has 2 heterocycles. The van der Waals surface area contributed by atoms with Crippen LogP contribution < -0.4 is 11.2 Å². The van der Waals surface area contributed by atoms with E-state index in [-0.39, 0.29) is 15.7 Å². The van der Waals surface area contributed by atoms with Gasteiger partial charge in [-0.1, -0.05) is 0 Å². The van der Waals surface area contributed by atoms with Crippen molar-refractivity contribution in [3.8, 4) is 0 Å². The van der Waals surface area contributed by atoms with Gasteiger partial charge in [0.05, 0.1) is 6.33 Å². The van der Waals surface area contributed by atoms with Crippen LogP contribution in [0.15, 0.2) is 15.9 Å². The lowest BCUT2D eigenvalue weighted by Crippen LogP contribution is -2.36. The molecule has 68 valence electrons. The quantitative estimate of drug-likeness (QED) is 0.569. The fourth-order valence-corrected chi connectivity index (χ4v) is 0.995. The molecule has 2 rings (SSSR count). The monoisotopic (exact) mass is 185 g/mol. The van der Waals surface area contributed by atoms with Crippen LogP contribution in [0.4, 0.5) is 0 Å². The summed E-state index contributed by atoms with van der Waals surface area (Å²) in [7, 11) is 0. The Balaban J connectivity index is 3.09. The normalized spacial score (nSPS) is 16.9. The van der Waals surface area contributed by atoms with Crippen LogP contribution in [0, 0.1) is 0 Å². The summed E-state index contributed by atoms with van der Waals surface area (Å²) in [6.45, 7) is -3.71. The summed E-state index contributed by atoms with van der Waals surface area (Å²) in [5, 5.41) is 0. The van der Waals surface area contributed by atoms with Crippen molar-refractivity contribution >= 4 is 11.2 Å². The molecule has 0 aliphatic carbocycles. The first-order chi connectivity index (χ1) is 8.36. The molecule has 0 atom stereocenters. The van der Waals surface area contributed by atoms with Crippen LogP contribution in [-0.4, -0.2) is 19.1 Å². The maximum atomic E-state index is 11.9. The summed E-state index contributed by atoms with van der Waals surface area (Å²) >= 11 is 0. The third-order valence-electron chi connectivity index (χ3n) is 1.64. The Kier molecular flexibility index (Phi) is 0.696. The van der Waals surface area contributed by atoms with Gasteiger partial charge in [-0.2, -0.15) is 0 Å². The number of H-pyrrole nitrogens is 1. The van der Waals surface area contributed by atoms with Crippen molar-refractivity contribution in [2.45, 2.75) is 0 Å². The molecule has 0 bridgehead atoms. The van der Waals surface area contributed by atoms with Crippen LogP contribution in [0.5, 0.6) is 0 Å². The maximum Gasteiger partial charge on any atom is 0.332 e. The van der Waals surface area contributed by atoms with E-state index < -0.39 is 25.2 Å². The number of fused-ring (bicyclic) bond motifs is 1. The van der Waals surface area contributed by atoms with Crippen molar-refractivity contribution in [3.05, 3.63) is 27.2 Å². The first kappa shape index (κ1) is 3.91. The molecule has 0 fully saturated rings. The van der Waals surface area contributed by atoms with Crippen LogP contribution in [0.2, 0.25) is 1.41 Å². The highest BCUT2D eigenvalue weighted by molar-refractivity contribution is 5.68. The number of hydrogen-bond acceptors (Lipinski definition) is 3. The van der Waals surface area contributed by atoms with Gasteiger partial charge in [-0.3, -0.25) is 13.9 Å². The molecule has 0 saturated heterocycles. The van der Waals surface area contributed by atoms with Gasteiger partial charge in [0.2, 0.25) is 0 Å². The van der Waals surface area contributed by atoms with E-state index in [9.17, 15) is 9.59 Å². The van der Waals surface area contributed by atoms with Gasteiger partial charge in [-0.05, 0) is 0 Å². The van der Waals surface area contributed by atoms with E-state index in [1.165, 1.54) is 0 Å². The molecule has 0 aliphatic heterocycles. The summed E-state index contributed by atoms with van der Waals surface area (Å²) in [5.41, 5.74) is -2.75. The lowest BCUT2D eigenvalue weighted by Gasteiger charge is -2.00. The van der Waals surface area contributed by atoms with Crippen LogP contribution >= 0.6 is 0 Å². The molecule has 0 amide bonds. The molecule has 6 heteroatoms. The molecule has 0 aromatic carbocycles. The highest BCUT2D eigenvalue weighted by Gasteiger charge is 2.08. The second kappa shape index (κ2) is 2.32. The Morgan fingerprint density at radius 3 is 3.00 bits per heavy atom. The average Bonchev–Trinajstić information content (AvgIpc) is 2.59. The topological polar surface area (TPSA) is 72.7 Å². The second-order valence-electron chi connectivity index (χ2n) is 2.37. The van der Waals surface area contributed by atoms with Gasteiger partial charge in [0, 0.05) is 19.5 Å². The van der Waals surface area contributed by atoms with Crippen LogP contribution in [0.1, 0.15) is 5.48 Å². The fraction of sp³-hybridized carbons (Fsp3) is 0.286. The van der Waals surface area contributed by atoms with Gasteiger partial charge in [0.1, 0.15) is 5.52 Å².